The van der Waals surface area contributed by atoms with Crippen LogP contribution < -0.4 is 15.0 Å². The van der Waals surface area contributed by atoms with Gasteiger partial charge in [0, 0.05) is 29.7 Å². The van der Waals surface area contributed by atoms with Crippen molar-refractivity contribution in [2.45, 2.75) is 32.4 Å². The number of thiazole rings is 1. The van der Waals surface area contributed by atoms with Crippen molar-refractivity contribution < 1.29 is 9.47 Å². The number of hydrogen-bond donors (Lipinski definition) is 0. The number of hydrogen-bond acceptors (Lipinski definition) is 6. The molecule has 7 heteroatoms. The van der Waals surface area contributed by atoms with Crippen molar-refractivity contribution in [2.24, 2.45) is 0 Å². The second-order valence-electron chi connectivity index (χ2n) is 7.11. The van der Waals surface area contributed by atoms with Crippen LogP contribution in [0, 0.1) is 6.92 Å². The highest BCUT2D eigenvalue weighted by Crippen LogP contribution is 2.38. The quantitative estimate of drug-likeness (QED) is 0.695. The summed E-state index contributed by atoms with van der Waals surface area (Å²) in [5.74, 6) is 1.65. The summed E-state index contributed by atoms with van der Waals surface area (Å²) in [7, 11) is 0. The largest absolute Gasteiger partial charge is 0.486 e. The van der Waals surface area contributed by atoms with Gasteiger partial charge in [-0.15, -0.1) is 11.3 Å². The standard InChI is InChI=1S/C20H21N3O3S/c1-13-12-27-20-21-15(10-19(24)23(13)20)11-22-6-2-3-16(22)14-4-5-17-18(9-14)26-8-7-25-17/h4-5,9-10,12,16H,2-3,6-8,11H2,1H3/t16-/m0/s1. The monoisotopic (exact) mass is 383 g/mol. The molecular formula is C20H21N3O3S. The number of aryl methyl sites for hydroxylation is 1. The Kier molecular flexibility index (Phi) is 4.13. The smallest absolute Gasteiger partial charge is 0.259 e. The highest BCUT2D eigenvalue weighted by atomic mass is 32.1. The van der Waals surface area contributed by atoms with Crippen LogP contribution >= 0.6 is 11.3 Å². The van der Waals surface area contributed by atoms with E-state index >= 15 is 0 Å². The summed E-state index contributed by atoms with van der Waals surface area (Å²) < 4.78 is 13.1. The topological polar surface area (TPSA) is 56.1 Å². The molecule has 0 spiro atoms. The molecule has 0 unspecified atom stereocenters. The fourth-order valence-corrected chi connectivity index (χ4v) is 4.94. The number of nitrogens with zero attached hydrogens (tertiary/aromatic N) is 3. The molecule has 6 nitrogen and oxygen atoms in total. The summed E-state index contributed by atoms with van der Waals surface area (Å²) in [6, 6.07) is 8.22. The first-order chi connectivity index (χ1) is 13.2. The zero-order chi connectivity index (χ0) is 18.4. The van der Waals surface area contributed by atoms with Gasteiger partial charge in [0.15, 0.2) is 16.5 Å². The van der Waals surface area contributed by atoms with E-state index in [-0.39, 0.29) is 5.56 Å². The third-order valence-corrected chi connectivity index (χ3v) is 6.25. The SMILES string of the molecule is Cc1csc2nc(CN3CCC[C@H]3c3ccc4c(c3)OCCO4)cc(=O)n12. The van der Waals surface area contributed by atoms with E-state index in [4.69, 9.17) is 14.5 Å². The summed E-state index contributed by atoms with van der Waals surface area (Å²) in [4.78, 5) is 20.3. The van der Waals surface area contributed by atoms with Gasteiger partial charge in [0.2, 0.25) is 0 Å². The maximum Gasteiger partial charge on any atom is 0.259 e. The lowest BCUT2D eigenvalue weighted by atomic mass is 10.0. The van der Waals surface area contributed by atoms with Crippen molar-refractivity contribution >= 4 is 16.3 Å². The first-order valence-corrected chi connectivity index (χ1v) is 10.2. The molecule has 0 aliphatic carbocycles. The summed E-state index contributed by atoms with van der Waals surface area (Å²) in [5, 5.41) is 1.97. The molecule has 2 aromatic heterocycles. The molecule has 2 aliphatic rings. The van der Waals surface area contributed by atoms with E-state index < -0.39 is 0 Å². The van der Waals surface area contributed by atoms with Crippen LogP contribution in [0.4, 0.5) is 0 Å². The molecule has 4 heterocycles. The van der Waals surface area contributed by atoms with Gasteiger partial charge in [0.05, 0.1) is 5.69 Å². The molecule has 0 radical (unpaired) electrons. The number of rotatable bonds is 3. The van der Waals surface area contributed by atoms with Gasteiger partial charge in [-0.1, -0.05) is 6.07 Å². The minimum atomic E-state index is 0.00354. The Morgan fingerprint density at radius 1 is 1.22 bits per heavy atom. The number of likely N-dealkylation sites (tertiary alicyclic amines) is 1. The Labute approximate surface area is 161 Å². The van der Waals surface area contributed by atoms with E-state index in [1.54, 1.807) is 10.5 Å². The third-order valence-electron chi connectivity index (χ3n) is 5.31. The highest BCUT2D eigenvalue weighted by Gasteiger charge is 2.28. The van der Waals surface area contributed by atoms with E-state index in [9.17, 15) is 4.79 Å². The van der Waals surface area contributed by atoms with Crippen molar-refractivity contribution in [3.05, 3.63) is 57.0 Å². The predicted octanol–water partition coefficient (Wildman–Crippen LogP) is 3.17. The Hall–Kier alpha value is -2.38. The van der Waals surface area contributed by atoms with Crippen molar-refractivity contribution in [1.82, 2.24) is 14.3 Å². The Balaban J connectivity index is 1.42. The second kappa shape index (κ2) is 6.65. The van der Waals surface area contributed by atoms with Gasteiger partial charge in [0.25, 0.3) is 5.56 Å². The molecule has 1 atom stereocenters. The summed E-state index contributed by atoms with van der Waals surface area (Å²) in [6.45, 7) is 4.82. The molecule has 0 bridgehead atoms. The van der Waals surface area contributed by atoms with Crippen LogP contribution in [0.25, 0.3) is 4.96 Å². The molecule has 27 heavy (non-hydrogen) atoms. The highest BCUT2D eigenvalue weighted by molar-refractivity contribution is 7.15. The fourth-order valence-electron chi connectivity index (χ4n) is 4.05. The third kappa shape index (κ3) is 3.00. The maximum absolute atomic E-state index is 12.4. The van der Waals surface area contributed by atoms with Gasteiger partial charge < -0.3 is 9.47 Å². The lowest BCUT2D eigenvalue weighted by molar-refractivity contribution is 0.170. The van der Waals surface area contributed by atoms with Crippen LogP contribution in [-0.2, 0) is 6.54 Å². The lowest BCUT2D eigenvalue weighted by Gasteiger charge is -2.26. The van der Waals surface area contributed by atoms with E-state index in [2.05, 4.69) is 17.0 Å². The van der Waals surface area contributed by atoms with Gasteiger partial charge in [0.1, 0.15) is 13.2 Å². The summed E-state index contributed by atoms with van der Waals surface area (Å²) >= 11 is 1.52. The van der Waals surface area contributed by atoms with E-state index in [1.807, 2.05) is 18.4 Å². The number of benzene rings is 1. The van der Waals surface area contributed by atoms with Crippen molar-refractivity contribution in [3.63, 3.8) is 0 Å². The zero-order valence-electron chi connectivity index (χ0n) is 15.2. The molecule has 2 aliphatic heterocycles. The van der Waals surface area contributed by atoms with Crippen molar-refractivity contribution in [3.8, 4) is 11.5 Å². The average Bonchev–Trinajstić information content (AvgIpc) is 3.28. The van der Waals surface area contributed by atoms with Crippen LogP contribution in [0.2, 0.25) is 0 Å². The van der Waals surface area contributed by atoms with Crippen LogP contribution in [0.15, 0.2) is 34.4 Å². The number of aromatic nitrogens is 2. The minimum absolute atomic E-state index is 0.00354. The average molecular weight is 383 g/mol. The Morgan fingerprint density at radius 2 is 2.07 bits per heavy atom. The van der Waals surface area contributed by atoms with Gasteiger partial charge in [-0.05, 0) is 44.0 Å². The first kappa shape index (κ1) is 16.8. The van der Waals surface area contributed by atoms with Crippen molar-refractivity contribution in [2.75, 3.05) is 19.8 Å². The zero-order valence-corrected chi connectivity index (χ0v) is 16.0. The molecule has 1 aromatic carbocycles. The maximum atomic E-state index is 12.4. The molecule has 5 rings (SSSR count). The lowest BCUT2D eigenvalue weighted by Crippen LogP contribution is -2.25. The molecule has 0 saturated carbocycles. The van der Waals surface area contributed by atoms with Crippen LogP contribution in [0.5, 0.6) is 11.5 Å². The predicted molar refractivity (Wildman–Crippen MR) is 104 cm³/mol. The van der Waals surface area contributed by atoms with E-state index in [0.717, 1.165) is 47.2 Å². The molecule has 0 amide bonds. The number of fused-ring (bicyclic) bond motifs is 2. The van der Waals surface area contributed by atoms with Crippen LogP contribution in [-0.4, -0.2) is 34.0 Å². The molecular weight excluding hydrogens is 362 g/mol. The van der Waals surface area contributed by atoms with E-state index in [0.29, 0.717) is 25.8 Å². The van der Waals surface area contributed by atoms with Gasteiger partial charge in [-0.25, -0.2) is 4.98 Å². The van der Waals surface area contributed by atoms with Crippen LogP contribution in [0.3, 0.4) is 0 Å². The first-order valence-electron chi connectivity index (χ1n) is 9.29. The minimum Gasteiger partial charge on any atom is -0.486 e. The van der Waals surface area contributed by atoms with Gasteiger partial charge >= 0.3 is 0 Å². The van der Waals surface area contributed by atoms with Crippen LogP contribution in [0.1, 0.15) is 35.8 Å². The molecule has 1 saturated heterocycles. The summed E-state index contributed by atoms with van der Waals surface area (Å²) in [5.41, 5.74) is 3.02. The molecule has 1 fully saturated rings. The number of ether oxygens (including phenoxy) is 2. The normalized spacial score (nSPS) is 19.7. The molecule has 140 valence electrons. The Bertz CT molecular complexity index is 1060. The van der Waals surface area contributed by atoms with Gasteiger partial charge in [-0.2, -0.15) is 0 Å². The molecule has 0 N–H and O–H groups in total. The second-order valence-corrected chi connectivity index (χ2v) is 7.95. The molecule has 3 aromatic rings. The Morgan fingerprint density at radius 3 is 2.96 bits per heavy atom. The summed E-state index contributed by atoms with van der Waals surface area (Å²) in [6.07, 6.45) is 2.23. The van der Waals surface area contributed by atoms with Gasteiger partial charge in [-0.3, -0.25) is 14.1 Å². The van der Waals surface area contributed by atoms with E-state index in [1.165, 1.54) is 16.9 Å². The van der Waals surface area contributed by atoms with Crippen molar-refractivity contribution in [1.29, 1.82) is 0 Å². The fraction of sp³-hybridized carbons (Fsp3) is 0.400.